The van der Waals surface area contributed by atoms with Crippen molar-refractivity contribution in [1.29, 1.82) is 0 Å². The van der Waals surface area contributed by atoms with Crippen LogP contribution in [-0.4, -0.2) is 61.3 Å². The summed E-state index contributed by atoms with van der Waals surface area (Å²) in [5.74, 6) is -0.395. The van der Waals surface area contributed by atoms with E-state index in [1.54, 1.807) is 13.8 Å². The van der Waals surface area contributed by atoms with Gasteiger partial charge < -0.3 is 20.1 Å². The highest BCUT2D eigenvalue weighted by atomic mass is 16.5. The Morgan fingerprint density at radius 1 is 1.12 bits per heavy atom. The lowest BCUT2D eigenvalue weighted by Crippen LogP contribution is -2.44. The lowest BCUT2D eigenvalue weighted by molar-refractivity contribution is -0.157. The first-order chi connectivity index (χ1) is 11.7. The van der Waals surface area contributed by atoms with E-state index >= 15 is 0 Å². The van der Waals surface area contributed by atoms with Crippen LogP contribution in [0.15, 0.2) is 0 Å². The first-order valence-corrected chi connectivity index (χ1v) is 9.45. The smallest absolute Gasteiger partial charge is 0.311 e. The number of aliphatic hydroxyl groups excluding tert-OH is 1. The van der Waals surface area contributed by atoms with Crippen LogP contribution in [0, 0.1) is 10.8 Å². The first kappa shape index (κ1) is 23.9. The average molecular weight is 359 g/mol. The summed E-state index contributed by atoms with van der Waals surface area (Å²) in [6.07, 6.45) is 1.96. The Kier molecular flexibility index (Phi) is 10.9. The van der Waals surface area contributed by atoms with Crippen LogP contribution in [0.3, 0.4) is 0 Å². The second kappa shape index (κ2) is 11.5. The number of carbonyl (C=O) groups excluding carboxylic acids is 2. The fourth-order valence-electron chi connectivity index (χ4n) is 3.00. The molecule has 0 radical (unpaired) electrons. The van der Waals surface area contributed by atoms with Gasteiger partial charge in [-0.3, -0.25) is 9.59 Å². The minimum atomic E-state index is -0.779. The van der Waals surface area contributed by atoms with Crippen LogP contribution in [0.2, 0.25) is 0 Å². The molecule has 0 aromatic carbocycles. The summed E-state index contributed by atoms with van der Waals surface area (Å²) in [5, 5.41) is 11.8. The SMILES string of the molecule is CCN(CC)CCCNC(=O)C(C)(CC)CC(C)(C)C(=O)OCCO. The van der Waals surface area contributed by atoms with E-state index in [1.165, 1.54) is 0 Å². The van der Waals surface area contributed by atoms with Crippen LogP contribution in [0.25, 0.3) is 0 Å². The minimum Gasteiger partial charge on any atom is -0.463 e. The molecule has 0 aliphatic carbocycles. The van der Waals surface area contributed by atoms with Crippen molar-refractivity contribution in [1.82, 2.24) is 10.2 Å². The van der Waals surface area contributed by atoms with Gasteiger partial charge in [0.1, 0.15) is 6.61 Å². The molecule has 0 aromatic rings. The largest absolute Gasteiger partial charge is 0.463 e. The minimum absolute atomic E-state index is 0.0113. The normalized spacial score (nSPS) is 14.2. The third kappa shape index (κ3) is 8.19. The summed E-state index contributed by atoms with van der Waals surface area (Å²) in [6, 6.07) is 0. The van der Waals surface area contributed by atoms with E-state index in [0.29, 0.717) is 19.4 Å². The van der Waals surface area contributed by atoms with Crippen molar-refractivity contribution in [3.05, 3.63) is 0 Å². The monoisotopic (exact) mass is 358 g/mol. The third-order valence-corrected chi connectivity index (χ3v) is 4.87. The zero-order valence-electron chi connectivity index (χ0n) is 17.0. The molecule has 2 N–H and O–H groups in total. The quantitative estimate of drug-likeness (QED) is 0.390. The number of rotatable bonds is 13. The van der Waals surface area contributed by atoms with Gasteiger partial charge in [-0.05, 0) is 52.7 Å². The van der Waals surface area contributed by atoms with E-state index < -0.39 is 10.8 Å². The number of amides is 1. The molecule has 0 fully saturated rings. The zero-order valence-corrected chi connectivity index (χ0v) is 17.0. The number of nitrogens with zero attached hydrogens (tertiary/aromatic N) is 1. The number of hydrogen-bond donors (Lipinski definition) is 2. The van der Waals surface area contributed by atoms with Crippen molar-refractivity contribution in [2.45, 2.75) is 60.8 Å². The molecule has 0 aromatic heterocycles. The molecule has 0 bridgehead atoms. The second-order valence-corrected chi connectivity index (χ2v) is 7.47. The maximum absolute atomic E-state index is 12.7. The van der Waals surface area contributed by atoms with Crippen molar-refractivity contribution in [3.8, 4) is 0 Å². The molecule has 0 saturated heterocycles. The van der Waals surface area contributed by atoms with Gasteiger partial charge in [0.05, 0.1) is 12.0 Å². The van der Waals surface area contributed by atoms with Crippen LogP contribution in [0.4, 0.5) is 0 Å². The maximum atomic E-state index is 12.7. The van der Waals surface area contributed by atoms with Gasteiger partial charge in [0.25, 0.3) is 0 Å². The second-order valence-electron chi connectivity index (χ2n) is 7.47. The molecule has 0 spiro atoms. The van der Waals surface area contributed by atoms with E-state index in [9.17, 15) is 9.59 Å². The molecule has 0 heterocycles. The molecule has 0 rings (SSSR count). The molecule has 1 unspecified atom stereocenters. The van der Waals surface area contributed by atoms with Gasteiger partial charge >= 0.3 is 5.97 Å². The molecular weight excluding hydrogens is 320 g/mol. The highest BCUT2D eigenvalue weighted by Crippen LogP contribution is 2.37. The Balaban J connectivity index is 4.63. The highest BCUT2D eigenvalue weighted by Gasteiger charge is 2.41. The number of carbonyl (C=O) groups is 2. The van der Waals surface area contributed by atoms with E-state index in [1.807, 2.05) is 13.8 Å². The Bertz CT molecular complexity index is 408. The molecule has 0 saturated carbocycles. The molecule has 1 amide bonds. The van der Waals surface area contributed by atoms with Gasteiger partial charge in [0.2, 0.25) is 5.91 Å². The lowest BCUT2D eigenvalue weighted by Gasteiger charge is -2.34. The van der Waals surface area contributed by atoms with Gasteiger partial charge in [0, 0.05) is 12.0 Å². The molecule has 6 heteroatoms. The molecule has 148 valence electrons. The first-order valence-electron chi connectivity index (χ1n) is 9.45. The summed E-state index contributed by atoms with van der Waals surface area (Å²) in [7, 11) is 0. The van der Waals surface area contributed by atoms with Crippen LogP contribution in [0.1, 0.15) is 60.8 Å². The Hall–Kier alpha value is -1.14. The van der Waals surface area contributed by atoms with E-state index in [4.69, 9.17) is 9.84 Å². The molecule has 6 nitrogen and oxygen atoms in total. The molecule has 1 atom stereocenters. The van der Waals surface area contributed by atoms with Crippen molar-refractivity contribution in [2.75, 3.05) is 39.4 Å². The number of esters is 1. The van der Waals surface area contributed by atoms with Gasteiger partial charge in [-0.15, -0.1) is 0 Å². The maximum Gasteiger partial charge on any atom is 0.311 e. The molecule has 0 aliphatic heterocycles. The lowest BCUT2D eigenvalue weighted by atomic mass is 9.72. The molecule has 0 aliphatic rings. The number of ether oxygens (including phenoxy) is 1. The van der Waals surface area contributed by atoms with Crippen LogP contribution < -0.4 is 5.32 Å². The Labute approximate surface area is 153 Å². The fraction of sp³-hybridized carbons (Fsp3) is 0.895. The standard InChI is InChI=1S/C19H38N2O4/c1-7-19(6,15-18(4,5)17(24)25-14-13-22)16(23)20-11-10-12-21(8-2)9-3/h22H,7-15H2,1-6H3,(H,20,23). The number of hydrogen-bond acceptors (Lipinski definition) is 5. The predicted molar refractivity (Wildman–Crippen MR) is 100 cm³/mol. The van der Waals surface area contributed by atoms with E-state index in [2.05, 4.69) is 24.1 Å². The topological polar surface area (TPSA) is 78.9 Å². The average Bonchev–Trinajstić information content (AvgIpc) is 2.58. The Morgan fingerprint density at radius 2 is 1.72 bits per heavy atom. The summed E-state index contributed by atoms with van der Waals surface area (Å²) in [4.78, 5) is 27.2. The number of nitrogens with one attached hydrogen (secondary N) is 1. The van der Waals surface area contributed by atoms with E-state index in [0.717, 1.165) is 26.1 Å². The highest BCUT2D eigenvalue weighted by molar-refractivity contribution is 5.84. The summed E-state index contributed by atoms with van der Waals surface area (Å²) in [6.45, 7) is 15.1. The van der Waals surface area contributed by atoms with Crippen LogP contribution >= 0.6 is 0 Å². The summed E-state index contributed by atoms with van der Waals surface area (Å²) in [5.41, 5.74) is -1.41. The fourth-order valence-corrected chi connectivity index (χ4v) is 3.00. The van der Waals surface area contributed by atoms with Gasteiger partial charge in [0.15, 0.2) is 0 Å². The zero-order chi connectivity index (χ0) is 19.5. The van der Waals surface area contributed by atoms with Gasteiger partial charge in [-0.25, -0.2) is 0 Å². The summed E-state index contributed by atoms with van der Waals surface area (Å²) < 4.78 is 5.05. The summed E-state index contributed by atoms with van der Waals surface area (Å²) >= 11 is 0. The number of aliphatic hydroxyl groups is 1. The molecule has 25 heavy (non-hydrogen) atoms. The van der Waals surface area contributed by atoms with Crippen molar-refractivity contribution < 1.29 is 19.4 Å². The van der Waals surface area contributed by atoms with Crippen molar-refractivity contribution in [3.63, 3.8) is 0 Å². The van der Waals surface area contributed by atoms with Gasteiger partial charge in [-0.2, -0.15) is 0 Å². The molecular formula is C19H38N2O4. The third-order valence-electron chi connectivity index (χ3n) is 4.87. The van der Waals surface area contributed by atoms with Crippen molar-refractivity contribution >= 4 is 11.9 Å². The predicted octanol–water partition coefficient (Wildman–Crippen LogP) is 2.20. The van der Waals surface area contributed by atoms with Crippen LogP contribution in [-0.2, 0) is 14.3 Å². The van der Waals surface area contributed by atoms with Crippen LogP contribution in [0.5, 0.6) is 0 Å². The Morgan fingerprint density at radius 3 is 2.20 bits per heavy atom. The van der Waals surface area contributed by atoms with E-state index in [-0.39, 0.29) is 25.1 Å². The van der Waals surface area contributed by atoms with Crippen molar-refractivity contribution in [2.24, 2.45) is 10.8 Å². The van der Waals surface area contributed by atoms with Gasteiger partial charge in [-0.1, -0.05) is 27.7 Å².